The average molecular weight is 244 g/mol. The smallest absolute Gasteiger partial charge is 0.116 e. The van der Waals surface area contributed by atoms with Crippen molar-refractivity contribution >= 4 is 24.7 Å². The van der Waals surface area contributed by atoms with Crippen LogP contribution in [-0.4, -0.2) is 13.6 Å². The number of halogens is 1. The van der Waals surface area contributed by atoms with Gasteiger partial charge in [-0.3, -0.25) is 0 Å². The van der Waals surface area contributed by atoms with Crippen molar-refractivity contribution in [2.75, 3.05) is 0 Å². The first kappa shape index (κ1) is 11.7. The number of rotatable bonds is 3. The number of hydrogen-bond donors (Lipinski definition) is 0. The summed E-state index contributed by atoms with van der Waals surface area (Å²) in [6, 6.07) is 2.13. The molecule has 0 aliphatic carbocycles. The molecule has 0 radical (unpaired) electrons. The van der Waals surface area contributed by atoms with Gasteiger partial charge in [0.2, 0.25) is 0 Å². The van der Waals surface area contributed by atoms with Gasteiger partial charge in [0.15, 0.2) is 0 Å². The summed E-state index contributed by atoms with van der Waals surface area (Å²) in [4.78, 5) is 0.292. The molecular formula is C9H14BrNSi. The second kappa shape index (κ2) is 7.40. The molecule has 0 aliphatic rings. The van der Waals surface area contributed by atoms with E-state index in [0.29, 0.717) is 11.2 Å². The molecule has 0 aromatic rings. The van der Waals surface area contributed by atoms with Gasteiger partial charge < -0.3 is 0 Å². The van der Waals surface area contributed by atoms with Crippen molar-refractivity contribution < 1.29 is 0 Å². The Morgan fingerprint density at radius 3 is 2.67 bits per heavy atom. The normalized spacial score (nSPS) is 11.6. The molecule has 0 bridgehead atoms. The molecule has 0 aromatic heterocycles. The molecule has 3 heteroatoms. The number of alkyl halides is 1. The maximum Gasteiger partial charge on any atom is 0.116 e. The first-order valence-electron chi connectivity index (χ1n) is 4.19. The minimum Gasteiger partial charge on any atom is -0.198 e. The third-order valence-electron chi connectivity index (χ3n) is 1.27. The van der Waals surface area contributed by atoms with Crippen molar-refractivity contribution in [2.24, 2.45) is 0 Å². The lowest BCUT2D eigenvalue weighted by atomic mass is 10.2. The van der Waals surface area contributed by atoms with E-state index < -0.39 is 8.80 Å². The molecule has 0 saturated carbocycles. The summed E-state index contributed by atoms with van der Waals surface area (Å²) in [6.45, 7) is 4.42. The second-order valence-electron chi connectivity index (χ2n) is 2.96. The monoisotopic (exact) mass is 243 g/mol. The van der Waals surface area contributed by atoms with Gasteiger partial charge in [-0.15, -0.1) is 5.54 Å². The lowest BCUT2D eigenvalue weighted by Gasteiger charge is -1.98. The fraction of sp³-hybridized carbons (Fsp3) is 0.667. The molecule has 0 aliphatic heterocycles. The fourth-order valence-electron chi connectivity index (χ4n) is 0.690. The first-order valence-corrected chi connectivity index (χ1v) is 7.99. The molecule has 12 heavy (non-hydrogen) atoms. The van der Waals surface area contributed by atoms with E-state index >= 15 is 0 Å². The molecule has 0 heterocycles. The molecule has 66 valence electrons. The number of nitrogens with zero attached hydrogens (tertiary/aromatic N) is 1. The molecule has 1 nitrogen and oxygen atoms in total. The Morgan fingerprint density at radius 1 is 1.50 bits per heavy atom. The minimum absolute atomic E-state index is 0.292. The van der Waals surface area contributed by atoms with Gasteiger partial charge in [-0.1, -0.05) is 34.9 Å². The lowest BCUT2D eigenvalue weighted by Crippen LogP contribution is -1.98. The summed E-state index contributed by atoms with van der Waals surface area (Å²) in [7, 11) is -0.724. The largest absolute Gasteiger partial charge is 0.198 e. The molecule has 0 amide bonds. The van der Waals surface area contributed by atoms with Crippen LogP contribution >= 0.6 is 15.9 Å². The van der Waals surface area contributed by atoms with Crippen molar-refractivity contribution in [1.82, 2.24) is 0 Å². The summed E-state index contributed by atoms with van der Waals surface area (Å²) in [5.74, 6) is 3.16. The van der Waals surface area contributed by atoms with Crippen LogP contribution in [0.4, 0.5) is 0 Å². The maximum atomic E-state index is 8.30. The quantitative estimate of drug-likeness (QED) is 0.324. The van der Waals surface area contributed by atoms with Gasteiger partial charge in [-0.2, -0.15) is 5.26 Å². The summed E-state index contributed by atoms with van der Waals surface area (Å²) in [5.41, 5.74) is 3.23. The summed E-state index contributed by atoms with van der Waals surface area (Å²) in [6.07, 6.45) is 2.57. The molecule has 0 fully saturated rings. The summed E-state index contributed by atoms with van der Waals surface area (Å²) < 4.78 is 0. The summed E-state index contributed by atoms with van der Waals surface area (Å²) in [5, 5.41) is 8.30. The fourth-order valence-corrected chi connectivity index (χ4v) is 1.92. The molecule has 1 unspecified atom stereocenters. The third kappa shape index (κ3) is 7.85. The zero-order valence-corrected chi connectivity index (χ0v) is 10.3. The molecule has 0 rings (SSSR count). The van der Waals surface area contributed by atoms with Crippen LogP contribution in [0.1, 0.15) is 19.3 Å². The van der Waals surface area contributed by atoms with E-state index in [9.17, 15) is 0 Å². The van der Waals surface area contributed by atoms with E-state index in [1.54, 1.807) is 0 Å². The van der Waals surface area contributed by atoms with Crippen LogP contribution in [0, 0.1) is 22.8 Å². The standard InChI is InChI=1S/C9H14BrNSi/c1-12(2)8-6-9(10)5-3-4-7-11/h9,12H,3-5H2,1-2H3. The van der Waals surface area contributed by atoms with Gasteiger partial charge in [0.05, 0.1) is 10.9 Å². The molecular weight excluding hydrogens is 230 g/mol. The minimum atomic E-state index is -0.724. The molecule has 0 spiro atoms. The summed E-state index contributed by atoms with van der Waals surface area (Å²) >= 11 is 3.48. The molecule has 1 atom stereocenters. The topological polar surface area (TPSA) is 23.8 Å². The zero-order chi connectivity index (χ0) is 9.40. The number of nitriles is 1. The lowest BCUT2D eigenvalue weighted by molar-refractivity contribution is 0.794. The maximum absolute atomic E-state index is 8.30. The zero-order valence-electron chi connectivity index (χ0n) is 7.60. The van der Waals surface area contributed by atoms with Crippen LogP contribution in [0.5, 0.6) is 0 Å². The van der Waals surface area contributed by atoms with Gasteiger partial charge >= 0.3 is 0 Å². The van der Waals surface area contributed by atoms with E-state index in [4.69, 9.17) is 5.26 Å². The van der Waals surface area contributed by atoms with Crippen LogP contribution in [0.15, 0.2) is 0 Å². The predicted octanol–water partition coefficient (Wildman–Crippen LogP) is 2.47. The van der Waals surface area contributed by atoms with Gasteiger partial charge in [0.25, 0.3) is 0 Å². The van der Waals surface area contributed by atoms with E-state index in [2.05, 4.69) is 46.6 Å². The van der Waals surface area contributed by atoms with Crippen molar-refractivity contribution in [2.45, 2.75) is 37.2 Å². The first-order chi connectivity index (χ1) is 5.66. The second-order valence-corrected chi connectivity index (χ2v) is 6.66. The Balaban J connectivity index is 3.55. The molecule has 0 N–H and O–H groups in total. The highest BCUT2D eigenvalue weighted by atomic mass is 79.9. The molecule has 0 saturated heterocycles. The Kier molecular flexibility index (Phi) is 7.24. The van der Waals surface area contributed by atoms with Crippen LogP contribution < -0.4 is 0 Å². The van der Waals surface area contributed by atoms with Gasteiger partial charge in [0.1, 0.15) is 8.80 Å². The van der Waals surface area contributed by atoms with Gasteiger partial charge in [-0.05, 0) is 12.8 Å². The van der Waals surface area contributed by atoms with Gasteiger partial charge in [0, 0.05) is 6.42 Å². The highest BCUT2D eigenvalue weighted by Gasteiger charge is 1.98. The predicted molar refractivity (Wildman–Crippen MR) is 58.8 cm³/mol. The Morgan fingerprint density at radius 2 is 2.17 bits per heavy atom. The third-order valence-corrected chi connectivity index (χ3v) is 2.71. The van der Waals surface area contributed by atoms with Crippen LogP contribution in [0.3, 0.4) is 0 Å². The van der Waals surface area contributed by atoms with Crippen LogP contribution in [0.25, 0.3) is 0 Å². The molecule has 0 aromatic carbocycles. The Hall–Kier alpha value is -0.253. The van der Waals surface area contributed by atoms with E-state index in [0.717, 1.165) is 12.8 Å². The van der Waals surface area contributed by atoms with Crippen molar-refractivity contribution in [3.8, 4) is 17.5 Å². The highest BCUT2D eigenvalue weighted by Crippen LogP contribution is 2.07. The Labute approximate surface area is 84.9 Å². The van der Waals surface area contributed by atoms with Crippen molar-refractivity contribution in [1.29, 1.82) is 5.26 Å². The van der Waals surface area contributed by atoms with E-state index in [1.807, 2.05) is 0 Å². The van der Waals surface area contributed by atoms with Crippen LogP contribution in [0.2, 0.25) is 13.1 Å². The van der Waals surface area contributed by atoms with E-state index in [1.165, 1.54) is 0 Å². The van der Waals surface area contributed by atoms with E-state index in [-0.39, 0.29) is 0 Å². The average Bonchev–Trinajstić information content (AvgIpc) is 2.01. The number of hydrogen-bond acceptors (Lipinski definition) is 1. The number of unbranched alkanes of at least 4 members (excludes halogenated alkanes) is 1. The van der Waals surface area contributed by atoms with Crippen LogP contribution in [-0.2, 0) is 0 Å². The van der Waals surface area contributed by atoms with Crippen molar-refractivity contribution in [3.05, 3.63) is 0 Å². The Bertz CT molecular complexity index is 209. The highest BCUT2D eigenvalue weighted by molar-refractivity contribution is 9.09. The SMILES string of the molecule is C[SiH](C)C#CC(Br)CCCC#N. The van der Waals surface area contributed by atoms with Gasteiger partial charge in [-0.25, -0.2) is 0 Å². The van der Waals surface area contributed by atoms with Crippen molar-refractivity contribution in [3.63, 3.8) is 0 Å².